The quantitative estimate of drug-likeness (QED) is 0.142. The van der Waals surface area contributed by atoms with Crippen LogP contribution < -0.4 is 0 Å². The Morgan fingerprint density at radius 3 is 1.08 bits per heavy atom. The predicted octanol–water partition coefficient (Wildman–Crippen LogP) is 8.19. The summed E-state index contributed by atoms with van der Waals surface area (Å²) in [5.41, 5.74) is 0. The van der Waals surface area contributed by atoms with Gasteiger partial charge in [0, 0.05) is 13.1 Å². The molecule has 0 heterocycles. The van der Waals surface area contributed by atoms with Gasteiger partial charge >= 0.3 is 46.8 Å². The molecule has 19 heteroatoms. The number of halogens is 17. The van der Waals surface area contributed by atoms with Crippen molar-refractivity contribution in [2.24, 2.45) is 11.8 Å². The summed E-state index contributed by atoms with van der Waals surface area (Å²) in [6.45, 7) is 3.98. The average Bonchev–Trinajstić information content (AvgIpc) is 2.71. The maximum atomic E-state index is 14.4. The largest absolute Gasteiger partial charge is 0.393 e. The highest BCUT2D eigenvalue weighted by atomic mass is 35.5. The molecule has 0 saturated carbocycles. The second kappa shape index (κ2) is 10.9. The molecule has 0 atom stereocenters. The molecular weight excluding hydrogens is 598 g/mol. The highest BCUT2D eigenvalue weighted by molar-refractivity contribution is 6.22. The highest BCUT2D eigenvalue weighted by Crippen LogP contribution is 2.64. The molecule has 0 spiro atoms. The van der Waals surface area contributed by atoms with Crippen molar-refractivity contribution in [3.8, 4) is 0 Å². The molecule has 0 aromatic carbocycles. The third kappa shape index (κ3) is 5.88. The van der Waals surface area contributed by atoms with Crippen molar-refractivity contribution in [1.82, 2.24) is 4.90 Å². The molecule has 0 aliphatic heterocycles. The van der Waals surface area contributed by atoms with E-state index < -0.39 is 77.7 Å². The molecule has 38 heavy (non-hydrogen) atoms. The number of rotatable bonds is 14. The van der Waals surface area contributed by atoms with Crippen LogP contribution in [-0.2, 0) is 4.79 Å². The SMILES string of the molecule is CC(C)CCN(CCC(C)C)C(=O)C(F)(F)C(F)(F)C(F)(F)C(F)(F)C(F)(F)C(F)(F)C(F)(F)C(F)(F)Cl. The van der Waals surface area contributed by atoms with Gasteiger partial charge in [0.2, 0.25) is 0 Å². The molecule has 228 valence electrons. The summed E-state index contributed by atoms with van der Waals surface area (Å²) >= 11 is 3.47. The Labute approximate surface area is 210 Å². The van der Waals surface area contributed by atoms with Crippen LogP contribution in [-0.4, -0.2) is 70.7 Å². The van der Waals surface area contributed by atoms with Crippen molar-refractivity contribution in [2.45, 2.75) is 87.4 Å². The molecule has 0 aromatic heterocycles. The van der Waals surface area contributed by atoms with E-state index in [1.165, 1.54) is 27.7 Å². The van der Waals surface area contributed by atoms with Crippen molar-refractivity contribution >= 4 is 17.5 Å². The van der Waals surface area contributed by atoms with Crippen LogP contribution in [0.15, 0.2) is 0 Å². The molecule has 0 saturated heterocycles. The number of carbonyl (C=O) groups is 1. The van der Waals surface area contributed by atoms with E-state index in [0.717, 1.165) is 0 Å². The fourth-order valence-electron chi connectivity index (χ4n) is 2.64. The lowest BCUT2D eigenvalue weighted by Crippen LogP contribution is -2.75. The van der Waals surface area contributed by atoms with Crippen LogP contribution >= 0.6 is 11.6 Å². The van der Waals surface area contributed by atoms with E-state index in [1.807, 2.05) is 0 Å². The summed E-state index contributed by atoms with van der Waals surface area (Å²) in [5.74, 6) is -60.8. The number of amides is 1. The molecule has 0 fully saturated rings. The molecular formula is C19H22ClF16NO. The van der Waals surface area contributed by atoms with Gasteiger partial charge in [0.25, 0.3) is 5.91 Å². The lowest BCUT2D eigenvalue weighted by molar-refractivity contribution is -0.446. The zero-order chi connectivity index (χ0) is 31.1. The Hall–Kier alpha value is -1.36. The smallest absolute Gasteiger partial charge is 0.337 e. The van der Waals surface area contributed by atoms with Crippen LogP contribution in [0.2, 0.25) is 0 Å². The van der Waals surface area contributed by atoms with Gasteiger partial charge in [0.15, 0.2) is 0 Å². The second-order valence-corrected chi connectivity index (χ2v) is 9.65. The molecule has 0 N–H and O–H groups in total. The minimum absolute atomic E-state index is 0.183. The van der Waals surface area contributed by atoms with E-state index in [0.29, 0.717) is 0 Å². The lowest BCUT2D eigenvalue weighted by Gasteiger charge is -2.43. The first kappa shape index (κ1) is 36.6. The number of hydrogen-bond donors (Lipinski definition) is 0. The Balaban J connectivity index is 6.77. The van der Waals surface area contributed by atoms with E-state index >= 15 is 0 Å². The van der Waals surface area contributed by atoms with Crippen LogP contribution in [0.1, 0.15) is 40.5 Å². The first-order valence-corrected chi connectivity index (χ1v) is 10.8. The standard InChI is InChI=1S/C19H22ClF16NO/c1-9(2)5-7-37(8-6-10(3)4)11(38)12(21,22)13(23,24)14(25,26)15(27,28)16(29,30)17(31,32)18(33,34)19(20,35)36/h9-10H,5-8H2,1-4H3. The molecule has 0 rings (SSSR count). The summed E-state index contributed by atoms with van der Waals surface area (Å²) in [6.07, 6.45) is -0.492. The predicted molar refractivity (Wildman–Crippen MR) is 101 cm³/mol. The summed E-state index contributed by atoms with van der Waals surface area (Å²) in [4.78, 5) is 11.9. The molecule has 0 aromatic rings. The van der Waals surface area contributed by atoms with Crippen molar-refractivity contribution in [2.75, 3.05) is 13.1 Å². The Kier molecular flexibility index (Phi) is 10.5. The highest BCUT2D eigenvalue weighted by Gasteiger charge is 2.95. The fraction of sp³-hybridized carbons (Fsp3) is 0.947. The summed E-state index contributed by atoms with van der Waals surface area (Å²) in [6, 6.07) is 0. The monoisotopic (exact) mass is 619 g/mol. The zero-order valence-electron chi connectivity index (χ0n) is 19.8. The maximum Gasteiger partial charge on any atom is 0.393 e. The van der Waals surface area contributed by atoms with Gasteiger partial charge in [-0.1, -0.05) is 27.7 Å². The van der Waals surface area contributed by atoms with Crippen molar-refractivity contribution in [3.05, 3.63) is 0 Å². The second-order valence-electron chi connectivity index (χ2n) is 9.18. The minimum atomic E-state index is -8.59. The molecule has 2 nitrogen and oxygen atoms in total. The van der Waals surface area contributed by atoms with Crippen LogP contribution in [0.3, 0.4) is 0 Å². The third-order valence-corrected chi connectivity index (χ3v) is 5.47. The van der Waals surface area contributed by atoms with Crippen LogP contribution in [0.5, 0.6) is 0 Å². The number of carbonyl (C=O) groups excluding carboxylic acids is 1. The van der Waals surface area contributed by atoms with E-state index in [-0.39, 0.29) is 17.7 Å². The van der Waals surface area contributed by atoms with Crippen molar-refractivity contribution in [1.29, 1.82) is 0 Å². The van der Waals surface area contributed by atoms with Gasteiger partial charge < -0.3 is 4.90 Å². The molecule has 0 radical (unpaired) electrons. The molecule has 1 amide bonds. The zero-order valence-corrected chi connectivity index (χ0v) is 20.5. The summed E-state index contributed by atoms with van der Waals surface area (Å²) < 4.78 is 218. The lowest BCUT2D eigenvalue weighted by atomic mass is 9.88. The maximum absolute atomic E-state index is 14.4. The first-order valence-electron chi connectivity index (χ1n) is 10.4. The molecule has 0 aliphatic rings. The van der Waals surface area contributed by atoms with Gasteiger partial charge in [-0.25, -0.2) is 0 Å². The molecule has 0 bridgehead atoms. The van der Waals surface area contributed by atoms with Gasteiger partial charge in [0.1, 0.15) is 0 Å². The van der Waals surface area contributed by atoms with Gasteiger partial charge in [0.05, 0.1) is 0 Å². The van der Waals surface area contributed by atoms with Crippen LogP contribution in [0, 0.1) is 11.8 Å². The van der Waals surface area contributed by atoms with Gasteiger partial charge in [-0.3, -0.25) is 4.79 Å². The van der Waals surface area contributed by atoms with Gasteiger partial charge in [-0.05, 0) is 36.3 Å². The Morgan fingerprint density at radius 2 is 0.816 bits per heavy atom. The summed E-state index contributed by atoms with van der Waals surface area (Å²) in [5, 5.41) is -6.85. The van der Waals surface area contributed by atoms with Crippen LogP contribution in [0.4, 0.5) is 70.2 Å². The Morgan fingerprint density at radius 1 is 0.553 bits per heavy atom. The number of alkyl halides is 17. The van der Waals surface area contributed by atoms with Gasteiger partial charge in [-0.15, -0.1) is 0 Å². The van der Waals surface area contributed by atoms with E-state index in [4.69, 9.17) is 0 Å². The van der Waals surface area contributed by atoms with Gasteiger partial charge in [-0.2, -0.15) is 70.2 Å². The normalized spacial score (nSPS) is 15.4. The van der Waals surface area contributed by atoms with E-state index in [1.54, 1.807) is 0 Å². The average molecular weight is 620 g/mol. The minimum Gasteiger partial charge on any atom is -0.337 e. The third-order valence-electron chi connectivity index (χ3n) is 5.23. The van der Waals surface area contributed by atoms with Crippen LogP contribution in [0.25, 0.3) is 0 Å². The molecule has 0 unspecified atom stereocenters. The first-order chi connectivity index (χ1) is 16.4. The molecule has 0 aliphatic carbocycles. The topological polar surface area (TPSA) is 20.3 Å². The van der Waals surface area contributed by atoms with Crippen molar-refractivity contribution in [3.63, 3.8) is 0 Å². The van der Waals surface area contributed by atoms with E-state index in [2.05, 4.69) is 11.6 Å². The summed E-state index contributed by atoms with van der Waals surface area (Å²) in [7, 11) is 0. The number of hydrogen-bond acceptors (Lipinski definition) is 1. The number of nitrogens with zero attached hydrogens (tertiary/aromatic N) is 1. The van der Waals surface area contributed by atoms with Crippen molar-refractivity contribution < 1.29 is 75.0 Å². The fourth-order valence-corrected chi connectivity index (χ4v) is 2.76. The van der Waals surface area contributed by atoms with E-state index in [9.17, 15) is 75.0 Å². The Bertz CT molecular complexity index is 810.